The number of nitrogens with zero attached hydrogens (tertiary/aromatic N) is 1. The van der Waals surface area contributed by atoms with Crippen LogP contribution in [-0.2, 0) is 4.74 Å². The summed E-state index contributed by atoms with van der Waals surface area (Å²) >= 11 is 0. The van der Waals surface area contributed by atoms with Gasteiger partial charge in [0.15, 0.2) is 0 Å². The van der Waals surface area contributed by atoms with Crippen molar-refractivity contribution in [1.29, 1.82) is 0 Å². The minimum atomic E-state index is -0.526. The van der Waals surface area contributed by atoms with Crippen molar-refractivity contribution in [2.24, 2.45) is 5.92 Å². The summed E-state index contributed by atoms with van der Waals surface area (Å²) in [6.07, 6.45) is 1.58. The van der Waals surface area contributed by atoms with Gasteiger partial charge in [0, 0.05) is 12.2 Å². The number of amides is 1. The first kappa shape index (κ1) is 13.4. The molecule has 1 atom stereocenters. The third-order valence-electron chi connectivity index (χ3n) is 4.10. The summed E-state index contributed by atoms with van der Waals surface area (Å²) in [4.78, 5) is 14.2. The Morgan fingerprint density at radius 2 is 2.15 bits per heavy atom. The third kappa shape index (κ3) is 2.80. The van der Waals surface area contributed by atoms with Gasteiger partial charge in [-0.2, -0.15) is 0 Å². The predicted octanol–water partition coefficient (Wildman–Crippen LogP) is 1.26. The molecule has 0 aliphatic carbocycles. The van der Waals surface area contributed by atoms with E-state index in [9.17, 15) is 9.18 Å². The van der Waals surface area contributed by atoms with Crippen LogP contribution in [-0.4, -0.2) is 44.6 Å². The Labute approximate surface area is 118 Å². The number of carbonyl (C=O) groups excluding carboxylic acids is 1. The zero-order valence-corrected chi connectivity index (χ0v) is 11.1. The molecule has 4 rings (SSSR count). The summed E-state index contributed by atoms with van der Waals surface area (Å²) in [5.41, 5.74) is 0.563. The Balaban J connectivity index is 1.59. The van der Waals surface area contributed by atoms with E-state index in [-0.39, 0.29) is 11.6 Å². The fourth-order valence-electron chi connectivity index (χ4n) is 2.97. The van der Waals surface area contributed by atoms with Crippen LogP contribution < -0.4 is 10.8 Å². The minimum Gasteiger partial charge on any atom is -0.444 e. The molecule has 3 heterocycles. The van der Waals surface area contributed by atoms with Gasteiger partial charge < -0.3 is 4.74 Å². The van der Waals surface area contributed by atoms with Gasteiger partial charge in [-0.25, -0.2) is 9.18 Å². The molecule has 0 unspecified atom stereocenters. The van der Waals surface area contributed by atoms with E-state index in [1.165, 1.54) is 18.2 Å². The van der Waals surface area contributed by atoms with E-state index in [4.69, 9.17) is 12.6 Å². The Bertz CT molecular complexity index is 518. The lowest BCUT2D eigenvalue weighted by Gasteiger charge is -2.43. The minimum absolute atomic E-state index is 0.0563. The van der Waals surface area contributed by atoms with Gasteiger partial charge in [-0.05, 0) is 50.0 Å². The Kier molecular flexibility index (Phi) is 3.65. The first-order valence-corrected chi connectivity index (χ1v) is 6.87. The summed E-state index contributed by atoms with van der Waals surface area (Å²) in [5.74, 6) is 0.0233. The summed E-state index contributed by atoms with van der Waals surface area (Å²) in [6.45, 7) is 2.99. The lowest BCUT2D eigenvalue weighted by Crippen LogP contribution is -2.52. The number of ether oxygens (including phenoxy) is 1. The highest BCUT2D eigenvalue weighted by Crippen LogP contribution is 2.29. The smallest absolute Gasteiger partial charge is 0.411 e. The van der Waals surface area contributed by atoms with E-state index in [0.717, 1.165) is 32.5 Å². The Hall–Kier alpha value is -1.56. The topological polar surface area (TPSA) is 41.6 Å². The molecule has 6 heteroatoms. The van der Waals surface area contributed by atoms with Crippen LogP contribution in [0.1, 0.15) is 12.8 Å². The number of benzene rings is 1. The van der Waals surface area contributed by atoms with E-state index in [0.29, 0.717) is 11.6 Å². The second-order valence-electron chi connectivity index (χ2n) is 5.44. The van der Waals surface area contributed by atoms with Crippen LogP contribution in [0, 0.1) is 11.7 Å². The molecule has 1 aromatic carbocycles. The summed E-state index contributed by atoms with van der Waals surface area (Å²) in [5, 5.41) is 2.57. The molecule has 4 nitrogen and oxygen atoms in total. The summed E-state index contributed by atoms with van der Waals surface area (Å²) in [7, 11) is 5.64. The van der Waals surface area contributed by atoms with Crippen LogP contribution in [0.15, 0.2) is 18.2 Å². The van der Waals surface area contributed by atoms with Crippen molar-refractivity contribution in [1.82, 2.24) is 4.90 Å². The number of nitrogens with one attached hydrogen (secondary N) is 1. The molecule has 3 aliphatic heterocycles. The van der Waals surface area contributed by atoms with Crippen LogP contribution in [0.25, 0.3) is 0 Å². The molecule has 1 amide bonds. The molecular weight excluding hydrogens is 258 g/mol. The number of anilines is 1. The van der Waals surface area contributed by atoms with E-state index < -0.39 is 11.9 Å². The normalized spacial score (nSPS) is 28.1. The molecule has 2 bridgehead atoms. The van der Waals surface area contributed by atoms with Crippen molar-refractivity contribution >= 4 is 25.1 Å². The van der Waals surface area contributed by atoms with Crippen LogP contribution in [0.5, 0.6) is 0 Å². The molecular formula is C14H16BFN2O2. The first-order valence-electron chi connectivity index (χ1n) is 6.87. The maximum absolute atomic E-state index is 12.9. The maximum atomic E-state index is 12.9. The van der Waals surface area contributed by atoms with Gasteiger partial charge in [0.25, 0.3) is 0 Å². The zero-order chi connectivity index (χ0) is 14.1. The zero-order valence-electron chi connectivity index (χ0n) is 11.1. The molecule has 2 radical (unpaired) electrons. The number of halogens is 1. The largest absolute Gasteiger partial charge is 0.444 e. The predicted molar refractivity (Wildman–Crippen MR) is 74.8 cm³/mol. The van der Waals surface area contributed by atoms with Gasteiger partial charge in [0.1, 0.15) is 19.8 Å². The van der Waals surface area contributed by atoms with Gasteiger partial charge >= 0.3 is 6.09 Å². The molecule has 1 N–H and O–H groups in total. The van der Waals surface area contributed by atoms with E-state index in [1.807, 2.05) is 0 Å². The van der Waals surface area contributed by atoms with Crippen LogP contribution >= 0.6 is 0 Å². The summed E-state index contributed by atoms with van der Waals surface area (Å²) in [6, 6.07) is 3.85. The quantitative estimate of drug-likeness (QED) is 0.825. The monoisotopic (exact) mass is 274 g/mol. The highest BCUT2D eigenvalue weighted by molar-refractivity contribution is 6.36. The fraction of sp³-hybridized carbons (Fsp3) is 0.500. The number of carbonyl (C=O) groups is 1. The number of rotatable bonds is 2. The van der Waals surface area contributed by atoms with Gasteiger partial charge in [0.2, 0.25) is 0 Å². The highest BCUT2D eigenvalue weighted by atomic mass is 19.1. The van der Waals surface area contributed by atoms with Crippen molar-refractivity contribution in [2.75, 3.05) is 25.0 Å². The van der Waals surface area contributed by atoms with Crippen LogP contribution in [0.2, 0.25) is 0 Å². The molecule has 0 aromatic heterocycles. The number of hydrogen-bond acceptors (Lipinski definition) is 3. The SMILES string of the molecule is [B]c1cc(F)ccc1NC(=O)O[C@H]1CN2CCC1CC2. The summed E-state index contributed by atoms with van der Waals surface area (Å²) < 4.78 is 18.4. The molecule has 3 saturated heterocycles. The number of hydrogen-bond donors (Lipinski definition) is 1. The molecule has 20 heavy (non-hydrogen) atoms. The first-order chi connectivity index (χ1) is 9.61. The lowest BCUT2D eigenvalue weighted by molar-refractivity contribution is -0.0289. The second-order valence-corrected chi connectivity index (χ2v) is 5.44. The van der Waals surface area contributed by atoms with E-state index >= 15 is 0 Å². The number of fused-ring (bicyclic) bond motifs is 3. The van der Waals surface area contributed by atoms with E-state index in [2.05, 4.69) is 10.2 Å². The average molecular weight is 274 g/mol. The van der Waals surface area contributed by atoms with Crippen molar-refractivity contribution in [3.8, 4) is 0 Å². The van der Waals surface area contributed by atoms with Gasteiger partial charge in [-0.15, -0.1) is 0 Å². The Morgan fingerprint density at radius 1 is 1.40 bits per heavy atom. The number of piperidine rings is 3. The molecule has 3 aliphatic rings. The second kappa shape index (κ2) is 5.44. The van der Waals surface area contributed by atoms with Crippen LogP contribution in [0.3, 0.4) is 0 Å². The van der Waals surface area contributed by atoms with Crippen LogP contribution in [0.4, 0.5) is 14.9 Å². The fourth-order valence-corrected chi connectivity index (χ4v) is 2.97. The lowest BCUT2D eigenvalue weighted by atomic mass is 9.86. The van der Waals surface area contributed by atoms with Crippen molar-refractivity contribution in [3.63, 3.8) is 0 Å². The highest BCUT2D eigenvalue weighted by Gasteiger charge is 2.36. The standard InChI is InChI=1S/C14H16BFN2O2/c15-11-7-10(16)1-2-12(11)17-14(19)20-13-8-18-5-3-9(13)4-6-18/h1-2,7,9,13H,3-6,8H2,(H,17,19)/t13-/m0/s1. The van der Waals surface area contributed by atoms with E-state index in [1.54, 1.807) is 0 Å². The average Bonchev–Trinajstić information content (AvgIpc) is 2.43. The van der Waals surface area contributed by atoms with Gasteiger partial charge in [0.05, 0.1) is 0 Å². The molecule has 3 fully saturated rings. The molecule has 0 saturated carbocycles. The van der Waals surface area contributed by atoms with Crippen molar-refractivity contribution in [3.05, 3.63) is 24.0 Å². The third-order valence-corrected chi connectivity index (χ3v) is 4.10. The molecule has 104 valence electrons. The van der Waals surface area contributed by atoms with Gasteiger partial charge in [-0.1, -0.05) is 5.46 Å². The Morgan fingerprint density at radius 3 is 2.75 bits per heavy atom. The molecule has 0 spiro atoms. The van der Waals surface area contributed by atoms with Crippen molar-refractivity contribution < 1.29 is 13.9 Å². The van der Waals surface area contributed by atoms with Gasteiger partial charge in [-0.3, -0.25) is 10.2 Å². The molecule has 1 aromatic rings. The van der Waals surface area contributed by atoms with Crippen molar-refractivity contribution in [2.45, 2.75) is 18.9 Å². The maximum Gasteiger partial charge on any atom is 0.411 e.